The van der Waals surface area contributed by atoms with E-state index in [1.54, 1.807) is 18.2 Å². The Labute approximate surface area is 186 Å². The maximum atomic E-state index is 12.5. The molecule has 30 heavy (non-hydrogen) atoms. The van der Waals surface area contributed by atoms with Crippen LogP contribution >= 0.6 is 24.8 Å². The van der Waals surface area contributed by atoms with Crippen molar-refractivity contribution in [2.45, 2.75) is 0 Å². The average molecular weight is 445 g/mol. The number of hydrogen-bond donors (Lipinski definition) is 5. The van der Waals surface area contributed by atoms with Crippen molar-refractivity contribution in [3.05, 3.63) is 71.8 Å². The number of benzene rings is 3. The summed E-state index contributed by atoms with van der Waals surface area (Å²) < 4.78 is 0. The van der Waals surface area contributed by atoms with Gasteiger partial charge in [0.1, 0.15) is 5.84 Å². The summed E-state index contributed by atoms with van der Waals surface area (Å²) in [6.07, 6.45) is 0. The highest BCUT2D eigenvalue weighted by molar-refractivity contribution is 6.06. The number of rotatable bonds is 4. The van der Waals surface area contributed by atoms with Crippen LogP contribution in [0.1, 0.15) is 15.9 Å². The molecule has 1 heterocycles. The van der Waals surface area contributed by atoms with Gasteiger partial charge in [0, 0.05) is 29.0 Å². The highest BCUT2D eigenvalue weighted by Crippen LogP contribution is 2.21. The number of nitrogen functional groups attached to an aromatic ring is 1. The van der Waals surface area contributed by atoms with Crippen LogP contribution in [-0.2, 0) is 0 Å². The number of halogens is 2. The zero-order valence-corrected chi connectivity index (χ0v) is 17.6. The van der Waals surface area contributed by atoms with Crippen LogP contribution in [0.3, 0.4) is 0 Å². The van der Waals surface area contributed by atoms with Crippen molar-refractivity contribution in [2.75, 3.05) is 23.7 Å². The minimum absolute atomic E-state index is 0. The van der Waals surface area contributed by atoms with Crippen LogP contribution < -0.4 is 21.7 Å². The van der Waals surface area contributed by atoms with E-state index in [2.05, 4.69) is 20.9 Å². The van der Waals surface area contributed by atoms with E-state index in [0.29, 0.717) is 16.8 Å². The van der Waals surface area contributed by atoms with Gasteiger partial charge in [-0.3, -0.25) is 15.2 Å². The van der Waals surface area contributed by atoms with Gasteiger partial charge >= 0.3 is 0 Å². The molecule has 0 aliphatic carbocycles. The number of aliphatic imine (C=N–C) groups is 1. The normalized spacial score (nSPS) is 12.1. The molecule has 1 aliphatic rings. The van der Waals surface area contributed by atoms with Crippen molar-refractivity contribution in [1.29, 1.82) is 5.41 Å². The highest BCUT2D eigenvalue weighted by atomic mass is 35.5. The first kappa shape index (κ1) is 23.0. The first-order valence-corrected chi connectivity index (χ1v) is 8.93. The van der Waals surface area contributed by atoms with Crippen molar-refractivity contribution >= 4 is 64.7 Å². The molecule has 0 spiro atoms. The average Bonchev–Trinajstić information content (AvgIpc) is 3.21. The van der Waals surface area contributed by atoms with Gasteiger partial charge in [0.05, 0.1) is 6.54 Å². The predicted molar refractivity (Wildman–Crippen MR) is 128 cm³/mol. The number of fused-ring (bicyclic) bond motifs is 1. The lowest BCUT2D eigenvalue weighted by Crippen LogP contribution is -2.26. The number of anilines is 2. The topological polar surface area (TPSA) is 115 Å². The van der Waals surface area contributed by atoms with Crippen LogP contribution in [0.5, 0.6) is 0 Å². The smallest absolute Gasteiger partial charge is 0.255 e. The van der Waals surface area contributed by atoms with E-state index < -0.39 is 0 Å². The Morgan fingerprint density at radius 1 is 0.933 bits per heavy atom. The van der Waals surface area contributed by atoms with Crippen LogP contribution in [0.4, 0.5) is 11.4 Å². The Morgan fingerprint density at radius 3 is 2.23 bits per heavy atom. The van der Waals surface area contributed by atoms with Crippen LogP contribution in [0.15, 0.2) is 65.7 Å². The van der Waals surface area contributed by atoms with Gasteiger partial charge < -0.3 is 21.7 Å². The van der Waals surface area contributed by atoms with Crippen molar-refractivity contribution in [1.82, 2.24) is 5.32 Å². The fraction of sp³-hybridized carbons (Fsp3) is 0.0952. The van der Waals surface area contributed by atoms with E-state index in [1.165, 1.54) is 0 Å². The third kappa shape index (κ3) is 5.20. The number of carbonyl (C=O) groups is 1. The first-order chi connectivity index (χ1) is 13.6. The standard InChI is InChI=1S/C21H20N6O.2ClH/c22-19(23)16-2-1-15-12-18(8-5-14(15)11-16)26-20(28)13-3-6-17(7-4-13)27-21-24-9-10-25-21;;/h1-8,11-12H,9-10H2,(H3,22,23)(H,26,28)(H2,24,25,27);2*1H. The number of carbonyl (C=O) groups excluding carboxylic acids is 1. The molecule has 0 saturated carbocycles. The van der Waals surface area contributed by atoms with Gasteiger partial charge in [0.25, 0.3) is 5.91 Å². The lowest BCUT2D eigenvalue weighted by molar-refractivity contribution is 0.102. The summed E-state index contributed by atoms with van der Waals surface area (Å²) in [4.78, 5) is 16.8. The molecule has 1 amide bonds. The van der Waals surface area contributed by atoms with Gasteiger partial charge in [0.15, 0.2) is 5.96 Å². The number of amidine groups is 1. The summed E-state index contributed by atoms with van der Waals surface area (Å²) in [5, 5.41) is 18.7. The molecular formula is C21H22Cl2N6O. The molecule has 0 bridgehead atoms. The van der Waals surface area contributed by atoms with E-state index in [0.717, 1.165) is 35.5 Å². The monoisotopic (exact) mass is 444 g/mol. The van der Waals surface area contributed by atoms with Gasteiger partial charge in [-0.15, -0.1) is 24.8 Å². The molecule has 4 rings (SSSR count). The van der Waals surface area contributed by atoms with Crippen molar-refractivity contribution in [3.63, 3.8) is 0 Å². The molecule has 3 aromatic rings. The van der Waals surface area contributed by atoms with E-state index >= 15 is 0 Å². The van der Waals surface area contributed by atoms with Gasteiger partial charge in [-0.25, -0.2) is 0 Å². The van der Waals surface area contributed by atoms with Crippen molar-refractivity contribution in [2.24, 2.45) is 10.7 Å². The van der Waals surface area contributed by atoms with Crippen LogP contribution in [0.25, 0.3) is 10.8 Å². The van der Waals surface area contributed by atoms with E-state index in [-0.39, 0.29) is 36.6 Å². The van der Waals surface area contributed by atoms with Crippen LogP contribution in [0, 0.1) is 5.41 Å². The quantitative estimate of drug-likeness (QED) is 0.312. The van der Waals surface area contributed by atoms with E-state index in [9.17, 15) is 4.79 Å². The predicted octanol–water partition coefficient (Wildman–Crippen LogP) is 3.59. The van der Waals surface area contributed by atoms with Crippen LogP contribution in [0.2, 0.25) is 0 Å². The van der Waals surface area contributed by atoms with Gasteiger partial charge in [-0.1, -0.05) is 18.2 Å². The molecule has 0 atom stereocenters. The second kappa shape index (κ2) is 9.96. The number of guanidine groups is 1. The minimum Gasteiger partial charge on any atom is -0.384 e. The molecule has 1 aliphatic heterocycles. The SMILES string of the molecule is Cl.Cl.N=C(N)c1ccc2cc(NC(=O)c3ccc(NC4=NCCN4)cc3)ccc2c1. The first-order valence-electron chi connectivity index (χ1n) is 8.93. The maximum absolute atomic E-state index is 12.5. The Morgan fingerprint density at radius 2 is 1.57 bits per heavy atom. The Bertz CT molecular complexity index is 1100. The molecule has 156 valence electrons. The lowest BCUT2D eigenvalue weighted by atomic mass is 10.1. The molecular weight excluding hydrogens is 423 g/mol. The molecule has 3 aromatic carbocycles. The molecule has 9 heteroatoms. The largest absolute Gasteiger partial charge is 0.384 e. The van der Waals surface area contributed by atoms with Gasteiger partial charge in [0.2, 0.25) is 0 Å². The van der Waals surface area contributed by atoms with Crippen molar-refractivity contribution in [3.8, 4) is 0 Å². The van der Waals surface area contributed by atoms with Gasteiger partial charge in [-0.2, -0.15) is 0 Å². The molecule has 7 nitrogen and oxygen atoms in total. The highest BCUT2D eigenvalue weighted by Gasteiger charge is 2.09. The number of nitrogens with one attached hydrogen (secondary N) is 4. The Balaban J connectivity index is 0.00000160. The third-order valence-electron chi connectivity index (χ3n) is 4.49. The molecule has 6 N–H and O–H groups in total. The zero-order valence-electron chi connectivity index (χ0n) is 15.9. The summed E-state index contributed by atoms with van der Waals surface area (Å²) in [6, 6.07) is 18.4. The Kier molecular flexibility index (Phi) is 7.63. The number of nitrogens with two attached hydrogens (primary N) is 1. The van der Waals surface area contributed by atoms with E-state index in [1.807, 2.05) is 42.5 Å². The zero-order chi connectivity index (χ0) is 19.5. The number of nitrogens with zero attached hydrogens (tertiary/aromatic N) is 1. The summed E-state index contributed by atoms with van der Waals surface area (Å²) >= 11 is 0. The maximum Gasteiger partial charge on any atom is 0.255 e. The lowest BCUT2D eigenvalue weighted by Gasteiger charge is -2.09. The summed E-state index contributed by atoms with van der Waals surface area (Å²) in [5.74, 6) is 0.608. The summed E-state index contributed by atoms with van der Waals surface area (Å²) in [6.45, 7) is 1.61. The fourth-order valence-corrected chi connectivity index (χ4v) is 3.02. The summed E-state index contributed by atoms with van der Waals surface area (Å²) in [5.41, 5.74) is 8.36. The number of amides is 1. The molecule has 0 saturated heterocycles. The summed E-state index contributed by atoms with van der Waals surface area (Å²) in [7, 11) is 0. The molecule has 0 aromatic heterocycles. The Hall–Kier alpha value is -3.29. The van der Waals surface area contributed by atoms with E-state index in [4.69, 9.17) is 11.1 Å². The molecule has 0 radical (unpaired) electrons. The van der Waals surface area contributed by atoms with Crippen molar-refractivity contribution < 1.29 is 4.79 Å². The molecule has 0 fully saturated rings. The van der Waals surface area contributed by atoms with Gasteiger partial charge in [-0.05, 0) is 53.2 Å². The fourth-order valence-electron chi connectivity index (χ4n) is 3.02. The second-order valence-corrected chi connectivity index (χ2v) is 6.50. The third-order valence-corrected chi connectivity index (χ3v) is 4.49. The molecule has 0 unspecified atom stereocenters. The number of hydrogen-bond acceptors (Lipinski definition) is 5. The minimum atomic E-state index is -0.178. The van der Waals surface area contributed by atoms with Crippen LogP contribution in [-0.4, -0.2) is 30.8 Å². The second-order valence-electron chi connectivity index (χ2n) is 6.50.